The number of nitrogens with one attached hydrogen (secondary N) is 2. The zero-order valence-electron chi connectivity index (χ0n) is 13.1. The Labute approximate surface area is 134 Å². The Morgan fingerprint density at radius 1 is 1.19 bits per heavy atom. The Morgan fingerprint density at radius 3 is 2.52 bits per heavy atom. The fraction of sp³-hybridized carbons (Fsp3) is 0.588. The van der Waals surface area contributed by atoms with E-state index in [9.17, 15) is 0 Å². The van der Waals surface area contributed by atoms with E-state index in [0.29, 0.717) is 5.11 Å². The summed E-state index contributed by atoms with van der Waals surface area (Å²) in [5.74, 6) is 1.67. The summed E-state index contributed by atoms with van der Waals surface area (Å²) in [7, 11) is 0. The van der Waals surface area contributed by atoms with Crippen molar-refractivity contribution in [2.45, 2.75) is 26.7 Å². The van der Waals surface area contributed by atoms with Crippen molar-refractivity contribution >= 4 is 23.0 Å². The van der Waals surface area contributed by atoms with E-state index in [1.165, 1.54) is 19.5 Å². The third kappa shape index (κ3) is 6.02. The Morgan fingerprint density at radius 2 is 1.86 bits per heavy atom. The van der Waals surface area contributed by atoms with Crippen LogP contribution < -0.4 is 10.6 Å². The summed E-state index contributed by atoms with van der Waals surface area (Å²) in [6.45, 7) is 9.31. The summed E-state index contributed by atoms with van der Waals surface area (Å²) < 4.78 is 0. The third-order valence-corrected chi connectivity index (χ3v) is 4.16. The molecule has 4 heteroatoms. The highest BCUT2D eigenvalue weighted by atomic mass is 32.1. The van der Waals surface area contributed by atoms with E-state index in [1.807, 2.05) is 30.3 Å². The van der Waals surface area contributed by atoms with Crippen molar-refractivity contribution in [3.63, 3.8) is 0 Å². The normalized spacial score (nSPS) is 22.8. The first kappa shape index (κ1) is 16.2. The first-order valence-electron chi connectivity index (χ1n) is 7.95. The molecule has 0 unspecified atom stereocenters. The molecule has 1 aromatic carbocycles. The molecule has 116 valence electrons. The van der Waals surface area contributed by atoms with Crippen LogP contribution in [0.25, 0.3) is 0 Å². The summed E-state index contributed by atoms with van der Waals surface area (Å²) in [4.78, 5) is 2.59. The molecule has 1 heterocycles. The second-order valence-electron chi connectivity index (χ2n) is 6.31. The SMILES string of the molecule is C[C@H]1C[C@H](C)CN(CCCNC(=S)Nc2ccccc2)C1. The molecule has 21 heavy (non-hydrogen) atoms. The van der Waals surface area contributed by atoms with Crippen LogP contribution in [0.3, 0.4) is 0 Å². The van der Waals surface area contributed by atoms with Crippen LogP contribution in [-0.2, 0) is 0 Å². The maximum atomic E-state index is 5.31. The van der Waals surface area contributed by atoms with Gasteiger partial charge in [-0.1, -0.05) is 32.0 Å². The number of thiocarbonyl (C=S) groups is 1. The van der Waals surface area contributed by atoms with Crippen LogP contribution in [-0.4, -0.2) is 36.2 Å². The van der Waals surface area contributed by atoms with E-state index >= 15 is 0 Å². The molecule has 1 aliphatic rings. The van der Waals surface area contributed by atoms with Gasteiger partial charge in [0, 0.05) is 25.3 Å². The third-order valence-electron chi connectivity index (χ3n) is 3.91. The average Bonchev–Trinajstić information content (AvgIpc) is 2.44. The molecular formula is C17H27N3S. The highest BCUT2D eigenvalue weighted by Crippen LogP contribution is 2.20. The van der Waals surface area contributed by atoms with E-state index in [0.717, 1.165) is 37.0 Å². The molecule has 3 nitrogen and oxygen atoms in total. The predicted octanol–water partition coefficient (Wildman–Crippen LogP) is 3.34. The molecule has 2 atom stereocenters. The van der Waals surface area contributed by atoms with Gasteiger partial charge in [0.05, 0.1) is 0 Å². The van der Waals surface area contributed by atoms with Gasteiger partial charge in [0.15, 0.2) is 5.11 Å². The summed E-state index contributed by atoms with van der Waals surface area (Å²) >= 11 is 5.31. The van der Waals surface area contributed by atoms with E-state index in [4.69, 9.17) is 12.2 Å². The second-order valence-corrected chi connectivity index (χ2v) is 6.71. The smallest absolute Gasteiger partial charge is 0.170 e. The van der Waals surface area contributed by atoms with Gasteiger partial charge in [0.2, 0.25) is 0 Å². The fourth-order valence-electron chi connectivity index (χ4n) is 3.18. The van der Waals surface area contributed by atoms with Crippen molar-refractivity contribution < 1.29 is 0 Å². The van der Waals surface area contributed by atoms with Gasteiger partial charge in [-0.2, -0.15) is 0 Å². The van der Waals surface area contributed by atoms with Crippen molar-refractivity contribution in [3.8, 4) is 0 Å². The van der Waals surface area contributed by atoms with Gasteiger partial charge in [-0.3, -0.25) is 0 Å². The minimum atomic E-state index is 0.710. The van der Waals surface area contributed by atoms with Crippen molar-refractivity contribution in [2.24, 2.45) is 11.8 Å². The molecule has 2 rings (SSSR count). The van der Waals surface area contributed by atoms with Gasteiger partial charge < -0.3 is 15.5 Å². The van der Waals surface area contributed by atoms with Gasteiger partial charge in [0.25, 0.3) is 0 Å². The minimum absolute atomic E-state index is 0.710. The summed E-state index contributed by atoms with van der Waals surface area (Å²) in [5.41, 5.74) is 1.04. The van der Waals surface area contributed by atoms with Crippen molar-refractivity contribution in [3.05, 3.63) is 30.3 Å². The molecule has 1 aromatic rings. The van der Waals surface area contributed by atoms with Gasteiger partial charge in [-0.15, -0.1) is 0 Å². The number of nitrogens with zero attached hydrogens (tertiary/aromatic N) is 1. The first-order chi connectivity index (χ1) is 10.1. The second kappa shape index (κ2) is 8.35. The number of anilines is 1. The molecule has 1 fully saturated rings. The van der Waals surface area contributed by atoms with E-state index < -0.39 is 0 Å². The quantitative estimate of drug-likeness (QED) is 0.644. The van der Waals surface area contributed by atoms with Gasteiger partial charge >= 0.3 is 0 Å². The van der Waals surface area contributed by atoms with E-state index in [-0.39, 0.29) is 0 Å². The van der Waals surface area contributed by atoms with Crippen molar-refractivity contribution in [1.82, 2.24) is 10.2 Å². The summed E-state index contributed by atoms with van der Waals surface area (Å²) in [6.07, 6.45) is 2.51. The topological polar surface area (TPSA) is 27.3 Å². The van der Waals surface area contributed by atoms with Crippen LogP contribution in [0.5, 0.6) is 0 Å². The molecule has 0 radical (unpaired) electrons. The first-order valence-corrected chi connectivity index (χ1v) is 8.36. The molecule has 2 N–H and O–H groups in total. The van der Waals surface area contributed by atoms with Crippen LogP contribution in [0.4, 0.5) is 5.69 Å². The van der Waals surface area contributed by atoms with Crippen LogP contribution in [0.15, 0.2) is 30.3 Å². The summed E-state index contributed by atoms with van der Waals surface area (Å²) in [5, 5.41) is 7.20. The van der Waals surface area contributed by atoms with Gasteiger partial charge in [-0.05, 0) is 55.6 Å². The standard InChI is InChI=1S/C17H27N3S/c1-14-11-15(2)13-20(12-14)10-6-9-18-17(21)19-16-7-4-3-5-8-16/h3-5,7-8,14-15H,6,9-13H2,1-2H3,(H2,18,19,21)/t14-,15-/m0/s1. The molecule has 0 aromatic heterocycles. The Kier molecular flexibility index (Phi) is 6.46. The molecule has 0 saturated carbocycles. The molecule has 0 spiro atoms. The zero-order valence-corrected chi connectivity index (χ0v) is 14.0. The maximum Gasteiger partial charge on any atom is 0.170 e. The van der Waals surface area contributed by atoms with E-state index in [2.05, 4.69) is 29.4 Å². The molecule has 1 saturated heterocycles. The maximum absolute atomic E-state index is 5.31. The number of para-hydroxylation sites is 1. The minimum Gasteiger partial charge on any atom is -0.362 e. The van der Waals surface area contributed by atoms with Crippen LogP contribution in [0.1, 0.15) is 26.7 Å². The number of likely N-dealkylation sites (tertiary alicyclic amines) is 1. The highest BCUT2D eigenvalue weighted by Gasteiger charge is 2.20. The Bertz CT molecular complexity index is 425. The summed E-state index contributed by atoms with van der Waals surface area (Å²) in [6, 6.07) is 10.0. The molecule has 0 amide bonds. The molecular weight excluding hydrogens is 278 g/mol. The molecule has 0 aliphatic carbocycles. The van der Waals surface area contributed by atoms with Gasteiger partial charge in [-0.25, -0.2) is 0 Å². The van der Waals surface area contributed by atoms with Gasteiger partial charge in [0.1, 0.15) is 0 Å². The Balaban J connectivity index is 1.60. The largest absolute Gasteiger partial charge is 0.362 e. The molecule has 0 bridgehead atoms. The average molecular weight is 305 g/mol. The number of rotatable bonds is 5. The number of benzene rings is 1. The Hall–Kier alpha value is -1.13. The number of hydrogen-bond acceptors (Lipinski definition) is 2. The fourth-order valence-corrected chi connectivity index (χ4v) is 3.40. The lowest BCUT2D eigenvalue weighted by Gasteiger charge is -2.34. The lowest BCUT2D eigenvalue weighted by molar-refractivity contribution is 0.140. The molecule has 1 aliphatic heterocycles. The highest BCUT2D eigenvalue weighted by molar-refractivity contribution is 7.80. The van der Waals surface area contributed by atoms with Crippen LogP contribution in [0.2, 0.25) is 0 Å². The number of hydrogen-bond donors (Lipinski definition) is 2. The predicted molar refractivity (Wildman–Crippen MR) is 94.7 cm³/mol. The lowest BCUT2D eigenvalue weighted by atomic mass is 9.92. The lowest BCUT2D eigenvalue weighted by Crippen LogP contribution is -2.40. The van der Waals surface area contributed by atoms with Crippen LogP contribution in [0, 0.1) is 11.8 Å². The number of piperidine rings is 1. The van der Waals surface area contributed by atoms with E-state index in [1.54, 1.807) is 0 Å². The van der Waals surface area contributed by atoms with Crippen molar-refractivity contribution in [1.29, 1.82) is 0 Å². The van der Waals surface area contributed by atoms with Crippen LogP contribution >= 0.6 is 12.2 Å². The van der Waals surface area contributed by atoms with Crippen molar-refractivity contribution in [2.75, 3.05) is 31.5 Å². The zero-order chi connectivity index (χ0) is 15.1. The monoisotopic (exact) mass is 305 g/mol.